The van der Waals surface area contributed by atoms with Crippen molar-refractivity contribution in [2.24, 2.45) is 7.05 Å². The first-order valence-electron chi connectivity index (χ1n) is 12.2. The third kappa shape index (κ3) is 4.05. The zero-order chi connectivity index (χ0) is 23.8. The van der Waals surface area contributed by atoms with E-state index in [1.165, 1.54) is 18.4 Å². The number of rotatable bonds is 7. The minimum atomic E-state index is 0.0782. The molecule has 0 saturated heterocycles. The van der Waals surface area contributed by atoms with E-state index in [1.54, 1.807) is 4.57 Å². The maximum Gasteiger partial charge on any atom is 0.329 e. The van der Waals surface area contributed by atoms with Crippen LogP contribution in [0.5, 0.6) is 0 Å². The number of imidazole rings is 1. The van der Waals surface area contributed by atoms with E-state index in [0.29, 0.717) is 6.04 Å². The van der Waals surface area contributed by atoms with Gasteiger partial charge in [0.15, 0.2) is 5.82 Å². The van der Waals surface area contributed by atoms with Gasteiger partial charge in [0, 0.05) is 31.7 Å². The molecule has 0 amide bonds. The Morgan fingerprint density at radius 2 is 1.88 bits per heavy atom. The summed E-state index contributed by atoms with van der Waals surface area (Å²) in [6, 6.07) is 15.2. The molecule has 2 aromatic heterocycles. The van der Waals surface area contributed by atoms with E-state index in [0.717, 1.165) is 65.2 Å². The SMILES string of the molecule is Cc1cccc(-c2[nH]nc(NCCN(C)C)c2-c2ccc3c(c2)n(C)c(=O)n3C2CCCC2)c1. The first-order chi connectivity index (χ1) is 16.4. The van der Waals surface area contributed by atoms with E-state index in [9.17, 15) is 4.79 Å². The fraction of sp³-hybridized carbons (Fsp3) is 0.407. The molecule has 1 fully saturated rings. The van der Waals surface area contributed by atoms with Crippen molar-refractivity contribution in [3.8, 4) is 22.4 Å². The van der Waals surface area contributed by atoms with E-state index in [4.69, 9.17) is 0 Å². The first-order valence-corrected chi connectivity index (χ1v) is 12.2. The Morgan fingerprint density at radius 3 is 2.62 bits per heavy atom. The summed E-state index contributed by atoms with van der Waals surface area (Å²) in [4.78, 5) is 15.3. The number of H-pyrrole nitrogens is 1. The first kappa shape index (κ1) is 22.5. The number of aromatic amines is 1. The number of benzene rings is 2. The summed E-state index contributed by atoms with van der Waals surface area (Å²) in [5.41, 5.74) is 7.42. The van der Waals surface area contributed by atoms with Gasteiger partial charge in [-0.2, -0.15) is 5.10 Å². The second kappa shape index (κ2) is 9.14. The Hall–Kier alpha value is -3.32. The molecule has 0 spiro atoms. The number of anilines is 1. The Morgan fingerprint density at radius 1 is 1.09 bits per heavy atom. The topological polar surface area (TPSA) is 70.9 Å². The number of fused-ring (bicyclic) bond motifs is 1. The van der Waals surface area contributed by atoms with Gasteiger partial charge in [-0.15, -0.1) is 0 Å². The molecule has 0 bridgehead atoms. The highest BCUT2D eigenvalue weighted by Gasteiger charge is 2.24. The van der Waals surface area contributed by atoms with Gasteiger partial charge in [-0.25, -0.2) is 4.79 Å². The predicted molar refractivity (Wildman–Crippen MR) is 139 cm³/mol. The lowest BCUT2D eigenvalue weighted by Gasteiger charge is -2.13. The lowest BCUT2D eigenvalue weighted by atomic mass is 9.99. The molecular formula is C27H34N6O. The van der Waals surface area contributed by atoms with Gasteiger partial charge in [0.2, 0.25) is 0 Å². The van der Waals surface area contributed by atoms with E-state index in [2.05, 4.69) is 83.9 Å². The monoisotopic (exact) mass is 458 g/mol. The fourth-order valence-corrected chi connectivity index (χ4v) is 5.19. The molecule has 1 aliphatic carbocycles. The number of nitrogens with zero attached hydrogens (tertiary/aromatic N) is 4. The van der Waals surface area contributed by atoms with Gasteiger partial charge in [-0.3, -0.25) is 14.2 Å². The van der Waals surface area contributed by atoms with Gasteiger partial charge < -0.3 is 10.2 Å². The molecule has 178 valence electrons. The fourth-order valence-electron chi connectivity index (χ4n) is 5.19. The number of likely N-dealkylation sites (N-methyl/N-ethyl adjacent to an activating group) is 1. The van der Waals surface area contributed by atoms with Gasteiger partial charge in [0.05, 0.1) is 22.3 Å². The summed E-state index contributed by atoms with van der Waals surface area (Å²) >= 11 is 0. The van der Waals surface area contributed by atoms with Crippen LogP contribution in [0.1, 0.15) is 37.3 Å². The van der Waals surface area contributed by atoms with Gasteiger partial charge >= 0.3 is 5.69 Å². The van der Waals surface area contributed by atoms with E-state index in [-0.39, 0.29) is 5.69 Å². The molecule has 7 nitrogen and oxygen atoms in total. The highest BCUT2D eigenvalue weighted by atomic mass is 16.1. The van der Waals surface area contributed by atoms with E-state index < -0.39 is 0 Å². The van der Waals surface area contributed by atoms with E-state index >= 15 is 0 Å². The molecule has 0 radical (unpaired) electrons. The standard InChI is InChI=1S/C27H34N6O/c1-18-8-7-9-20(16-18)25-24(26(30-29-25)28-14-15-31(2)3)19-12-13-22-23(17-19)32(4)27(34)33(22)21-10-5-6-11-21/h7-9,12-13,16-17,21H,5-6,10-11,14-15H2,1-4H3,(H2,28,29,30). The van der Waals surface area contributed by atoms with Crippen molar-refractivity contribution in [1.82, 2.24) is 24.2 Å². The van der Waals surface area contributed by atoms with Crippen LogP contribution in [0.3, 0.4) is 0 Å². The molecule has 2 aromatic carbocycles. The zero-order valence-electron chi connectivity index (χ0n) is 20.6. The Balaban J connectivity index is 1.64. The Labute approximate surface area is 200 Å². The third-order valence-corrected chi connectivity index (χ3v) is 6.99. The number of nitrogens with one attached hydrogen (secondary N) is 2. The zero-order valence-corrected chi connectivity index (χ0v) is 20.6. The maximum absolute atomic E-state index is 13.2. The van der Waals surface area contributed by atoms with Gasteiger partial charge in [0.25, 0.3) is 0 Å². The molecular weight excluding hydrogens is 424 g/mol. The third-order valence-electron chi connectivity index (χ3n) is 6.99. The summed E-state index contributed by atoms with van der Waals surface area (Å²) in [6.07, 6.45) is 4.56. The van der Waals surface area contributed by atoms with Gasteiger partial charge in [-0.05, 0) is 57.6 Å². The van der Waals surface area contributed by atoms with Crippen LogP contribution < -0.4 is 11.0 Å². The molecule has 0 atom stereocenters. The summed E-state index contributed by atoms with van der Waals surface area (Å²) in [7, 11) is 6.01. The van der Waals surface area contributed by atoms with Crippen LogP contribution in [-0.4, -0.2) is 51.4 Å². The van der Waals surface area contributed by atoms with Crippen LogP contribution in [0.2, 0.25) is 0 Å². The van der Waals surface area contributed by atoms with Crippen LogP contribution in [-0.2, 0) is 7.05 Å². The molecule has 0 unspecified atom stereocenters. The largest absolute Gasteiger partial charge is 0.367 e. The Bertz CT molecular complexity index is 1370. The normalized spacial score (nSPS) is 14.5. The lowest BCUT2D eigenvalue weighted by Crippen LogP contribution is -2.24. The summed E-state index contributed by atoms with van der Waals surface area (Å²) in [5, 5.41) is 11.4. The van der Waals surface area contributed by atoms with Crippen molar-refractivity contribution >= 4 is 16.9 Å². The highest BCUT2D eigenvalue weighted by Crippen LogP contribution is 2.38. The minimum absolute atomic E-state index is 0.0782. The van der Waals surface area contributed by atoms with Crippen LogP contribution in [0, 0.1) is 6.92 Å². The average Bonchev–Trinajstić information content (AvgIpc) is 3.53. The Kier molecular flexibility index (Phi) is 6.04. The number of aromatic nitrogens is 4. The van der Waals surface area contributed by atoms with Crippen LogP contribution >= 0.6 is 0 Å². The molecule has 2 heterocycles. The van der Waals surface area contributed by atoms with Gasteiger partial charge in [0.1, 0.15) is 0 Å². The highest BCUT2D eigenvalue weighted by molar-refractivity contribution is 5.92. The van der Waals surface area contributed by atoms with E-state index in [1.807, 2.05) is 11.6 Å². The van der Waals surface area contributed by atoms with Crippen LogP contribution in [0.4, 0.5) is 5.82 Å². The minimum Gasteiger partial charge on any atom is -0.367 e. The number of aryl methyl sites for hydroxylation is 2. The molecule has 2 N–H and O–H groups in total. The number of hydrogen-bond donors (Lipinski definition) is 2. The maximum atomic E-state index is 13.2. The lowest BCUT2D eigenvalue weighted by molar-refractivity contribution is 0.425. The van der Waals surface area contributed by atoms with Crippen molar-refractivity contribution in [3.05, 3.63) is 58.5 Å². The quantitative estimate of drug-likeness (QED) is 0.418. The smallest absolute Gasteiger partial charge is 0.329 e. The predicted octanol–water partition coefficient (Wildman–Crippen LogP) is 4.79. The second-order valence-electron chi connectivity index (χ2n) is 9.78. The number of hydrogen-bond acceptors (Lipinski definition) is 4. The summed E-state index contributed by atoms with van der Waals surface area (Å²) < 4.78 is 3.81. The van der Waals surface area contributed by atoms with Crippen LogP contribution in [0.15, 0.2) is 47.3 Å². The van der Waals surface area contributed by atoms with Crippen LogP contribution in [0.25, 0.3) is 33.4 Å². The van der Waals surface area contributed by atoms with Crippen molar-refractivity contribution < 1.29 is 0 Å². The molecule has 1 aliphatic rings. The molecule has 34 heavy (non-hydrogen) atoms. The summed E-state index contributed by atoms with van der Waals surface area (Å²) in [6.45, 7) is 3.80. The molecule has 1 saturated carbocycles. The molecule has 7 heteroatoms. The van der Waals surface area contributed by atoms with Crippen molar-refractivity contribution in [2.45, 2.75) is 38.6 Å². The second-order valence-corrected chi connectivity index (χ2v) is 9.78. The molecule has 5 rings (SSSR count). The molecule has 4 aromatic rings. The summed E-state index contributed by atoms with van der Waals surface area (Å²) in [5.74, 6) is 0.831. The van der Waals surface area contributed by atoms with Crippen molar-refractivity contribution in [1.29, 1.82) is 0 Å². The molecule has 0 aliphatic heterocycles. The van der Waals surface area contributed by atoms with Crippen molar-refractivity contribution in [3.63, 3.8) is 0 Å². The van der Waals surface area contributed by atoms with Gasteiger partial charge in [-0.1, -0.05) is 42.7 Å². The van der Waals surface area contributed by atoms with Crippen molar-refractivity contribution in [2.75, 3.05) is 32.5 Å². The average molecular weight is 459 g/mol.